The Morgan fingerprint density at radius 1 is 1.43 bits per heavy atom. The van der Waals surface area contributed by atoms with Crippen molar-refractivity contribution in [2.75, 3.05) is 13.2 Å². The first-order valence-corrected chi connectivity index (χ1v) is 5.48. The van der Waals surface area contributed by atoms with E-state index in [1.54, 1.807) is 0 Å². The molecule has 0 aromatic rings. The van der Waals surface area contributed by atoms with Gasteiger partial charge in [0.1, 0.15) is 12.4 Å². The zero-order chi connectivity index (χ0) is 10.1. The summed E-state index contributed by atoms with van der Waals surface area (Å²) in [5.41, 5.74) is 1.52. The van der Waals surface area contributed by atoms with E-state index in [4.69, 9.17) is 4.74 Å². The van der Waals surface area contributed by atoms with Crippen molar-refractivity contribution < 1.29 is 4.74 Å². The van der Waals surface area contributed by atoms with E-state index in [-0.39, 0.29) is 0 Å². The largest absolute Gasteiger partial charge is 0.495 e. The molecule has 2 aliphatic rings. The predicted molar refractivity (Wildman–Crippen MR) is 57.9 cm³/mol. The van der Waals surface area contributed by atoms with Gasteiger partial charge in [-0.15, -0.1) is 0 Å². The molecule has 2 atom stereocenters. The van der Waals surface area contributed by atoms with Crippen LogP contribution in [0.3, 0.4) is 0 Å². The van der Waals surface area contributed by atoms with Crippen LogP contribution in [0.4, 0.5) is 0 Å². The van der Waals surface area contributed by atoms with E-state index in [0.29, 0.717) is 17.9 Å². The number of allylic oxidation sites excluding steroid dienone is 2. The van der Waals surface area contributed by atoms with Crippen LogP contribution in [0.2, 0.25) is 0 Å². The molecule has 1 heterocycles. The zero-order valence-electron chi connectivity index (χ0n) is 9.21. The van der Waals surface area contributed by atoms with E-state index >= 15 is 0 Å². The molecule has 0 spiro atoms. The van der Waals surface area contributed by atoms with E-state index in [2.05, 4.69) is 38.2 Å². The number of hydrogen-bond acceptors (Lipinski definition) is 2. The van der Waals surface area contributed by atoms with Crippen LogP contribution >= 0.6 is 0 Å². The third kappa shape index (κ3) is 1.59. The Morgan fingerprint density at radius 2 is 2.21 bits per heavy atom. The van der Waals surface area contributed by atoms with Crippen LogP contribution in [0.15, 0.2) is 23.5 Å². The molecule has 0 unspecified atom stereocenters. The highest BCUT2D eigenvalue weighted by Crippen LogP contribution is 2.31. The van der Waals surface area contributed by atoms with Crippen molar-refractivity contribution in [1.29, 1.82) is 0 Å². The standard InChI is InChI=1S/C12H19NO/c1-8(2)10-4-5-11-12(9(10)3)13-6-7-14-11/h4-5,8-9,12-13H,6-7H2,1-3H3/t9-,12-/m1/s1. The highest BCUT2D eigenvalue weighted by Gasteiger charge is 2.30. The highest BCUT2D eigenvalue weighted by molar-refractivity contribution is 5.30. The number of morpholine rings is 1. The number of nitrogens with one attached hydrogen (secondary N) is 1. The van der Waals surface area contributed by atoms with Gasteiger partial charge in [-0.2, -0.15) is 0 Å². The SMILES string of the molecule is CC(C)C1=CC=C2OCCN[C@@H]2[C@@H]1C. The van der Waals surface area contributed by atoms with Gasteiger partial charge in [0.25, 0.3) is 0 Å². The van der Waals surface area contributed by atoms with E-state index in [1.807, 2.05) is 0 Å². The van der Waals surface area contributed by atoms with E-state index in [0.717, 1.165) is 18.9 Å². The van der Waals surface area contributed by atoms with Gasteiger partial charge < -0.3 is 10.1 Å². The minimum Gasteiger partial charge on any atom is -0.495 e. The van der Waals surface area contributed by atoms with Gasteiger partial charge >= 0.3 is 0 Å². The molecule has 0 aromatic heterocycles. The zero-order valence-corrected chi connectivity index (χ0v) is 9.21. The lowest BCUT2D eigenvalue weighted by Crippen LogP contribution is -2.45. The quantitative estimate of drug-likeness (QED) is 0.688. The summed E-state index contributed by atoms with van der Waals surface area (Å²) in [6, 6.07) is 0.408. The summed E-state index contributed by atoms with van der Waals surface area (Å²) in [6.45, 7) is 8.57. The predicted octanol–water partition coefficient (Wildman–Crippen LogP) is 2.09. The molecule has 0 bridgehead atoms. The van der Waals surface area contributed by atoms with Crippen molar-refractivity contribution in [3.05, 3.63) is 23.5 Å². The number of hydrogen-bond donors (Lipinski definition) is 1. The second kappa shape index (κ2) is 3.77. The van der Waals surface area contributed by atoms with Crippen LogP contribution in [0.1, 0.15) is 20.8 Å². The molecular formula is C12H19NO. The molecule has 0 aromatic carbocycles. The molecule has 78 valence electrons. The smallest absolute Gasteiger partial charge is 0.114 e. The lowest BCUT2D eigenvalue weighted by molar-refractivity contribution is 0.131. The van der Waals surface area contributed by atoms with Crippen molar-refractivity contribution >= 4 is 0 Å². The first-order chi connectivity index (χ1) is 6.70. The molecule has 0 amide bonds. The maximum absolute atomic E-state index is 5.63. The summed E-state index contributed by atoms with van der Waals surface area (Å²) in [5.74, 6) is 2.31. The lowest BCUT2D eigenvalue weighted by atomic mass is 9.81. The molecule has 1 saturated heterocycles. The Morgan fingerprint density at radius 3 is 2.93 bits per heavy atom. The van der Waals surface area contributed by atoms with Crippen LogP contribution in [-0.4, -0.2) is 19.2 Å². The molecule has 1 fully saturated rings. The Bertz CT molecular complexity index is 278. The van der Waals surface area contributed by atoms with Crippen LogP contribution < -0.4 is 5.32 Å². The van der Waals surface area contributed by atoms with Crippen LogP contribution in [-0.2, 0) is 4.74 Å². The third-order valence-corrected chi connectivity index (χ3v) is 3.17. The Balaban J connectivity index is 2.23. The minimum atomic E-state index is 0.408. The Kier molecular flexibility index (Phi) is 2.64. The van der Waals surface area contributed by atoms with Gasteiger partial charge in [-0.1, -0.05) is 32.4 Å². The molecule has 2 nitrogen and oxygen atoms in total. The summed E-state index contributed by atoms with van der Waals surface area (Å²) < 4.78 is 5.63. The van der Waals surface area contributed by atoms with E-state index < -0.39 is 0 Å². The average Bonchev–Trinajstić information content (AvgIpc) is 2.18. The number of ether oxygens (including phenoxy) is 1. The van der Waals surface area contributed by atoms with Gasteiger partial charge in [0.2, 0.25) is 0 Å². The van der Waals surface area contributed by atoms with Crippen LogP contribution in [0, 0.1) is 11.8 Å². The summed E-state index contributed by atoms with van der Waals surface area (Å²) >= 11 is 0. The minimum absolute atomic E-state index is 0.408. The number of fused-ring (bicyclic) bond motifs is 1. The summed E-state index contributed by atoms with van der Waals surface area (Å²) in [7, 11) is 0. The van der Waals surface area contributed by atoms with Gasteiger partial charge in [-0.25, -0.2) is 0 Å². The van der Waals surface area contributed by atoms with Crippen molar-refractivity contribution in [1.82, 2.24) is 5.32 Å². The molecular weight excluding hydrogens is 174 g/mol. The van der Waals surface area contributed by atoms with Gasteiger partial charge in [-0.3, -0.25) is 0 Å². The molecule has 0 saturated carbocycles. The molecule has 14 heavy (non-hydrogen) atoms. The summed E-state index contributed by atoms with van der Waals surface area (Å²) in [5, 5.41) is 3.52. The van der Waals surface area contributed by atoms with Crippen molar-refractivity contribution in [3.8, 4) is 0 Å². The fourth-order valence-electron chi connectivity index (χ4n) is 2.39. The second-order valence-electron chi connectivity index (χ2n) is 4.46. The first kappa shape index (κ1) is 9.78. The topological polar surface area (TPSA) is 21.3 Å². The lowest BCUT2D eigenvalue weighted by Gasteiger charge is -2.36. The van der Waals surface area contributed by atoms with Gasteiger partial charge in [-0.05, 0) is 12.0 Å². The average molecular weight is 193 g/mol. The van der Waals surface area contributed by atoms with Crippen molar-refractivity contribution in [3.63, 3.8) is 0 Å². The summed E-state index contributed by atoms with van der Waals surface area (Å²) in [6.07, 6.45) is 4.36. The summed E-state index contributed by atoms with van der Waals surface area (Å²) in [4.78, 5) is 0. The molecule has 2 heteroatoms. The molecule has 0 radical (unpaired) electrons. The highest BCUT2D eigenvalue weighted by atomic mass is 16.5. The molecule has 2 rings (SSSR count). The van der Waals surface area contributed by atoms with Gasteiger partial charge in [0, 0.05) is 12.5 Å². The maximum atomic E-state index is 5.63. The fraction of sp³-hybridized carbons (Fsp3) is 0.667. The number of rotatable bonds is 1. The van der Waals surface area contributed by atoms with Crippen LogP contribution in [0.5, 0.6) is 0 Å². The van der Waals surface area contributed by atoms with Crippen molar-refractivity contribution in [2.24, 2.45) is 11.8 Å². The van der Waals surface area contributed by atoms with E-state index in [9.17, 15) is 0 Å². The maximum Gasteiger partial charge on any atom is 0.114 e. The normalized spacial score (nSPS) is 31.7. The Labute approximate surface area is 86.0 Å². The second-order valence-corrected chi connectivity index (χ2v) is 4.46. The molecule has 1 aliphatic heterocycles. The monoisotopic (exact) mass is 193 g/mol. The first-order valence-electron chi connectivity index (χ1n) is 5.48. The van der Waals surface area contributed by atoms with Crippen molar-refractivity contribution in [2.45, 2.75) is 26.8 Å². The molecule has 1 N–H and O–H groups in total. The molecule has 1 aliphatic carbocycles. The van der Waals surface area contributed by atoms with Gasteiger partial charge in [0.15, 0.2) is 0 Å². The third-order valence-electron chi connectivity index (χ3n) is 3.17. The van der Waals surface area contributed by atoms with Crippen LogP contribution in [0.25, 0.3) is 0 Å². The van der Waals surface area contributed by atoms with E-state index in [1.165, 1.54) is 5.57 Å². The van der Waals surface area contributed by atoms with Gasteiger partial charge in [0.05, 0.1) is 6.04 Å². The fourth-order valence-corrected chi connectivity index (χ4v) is 2.39. The Hall–Kier alpha value is -0.760.